The lowest BCUT2D eigenvalue weighted by Crippen LogP contribution is -2.52. The van der Waals surface area contributed by atoms with Crippen LogP contribution < -0.4 is 16.2 Å². The average Bonchev–Trinajstić information content (AvgIpc) is 2.60. The molecule has 0 aliphatic carbocycles. The highest BCUT2D eigenvalue weighted by Gasteiger charge is 2.28. The Kier molecular flexibility index (Phi) is 4.74. The molecule has 0 saturated carbocycles. The molecule has 1 fully saturated rings. The number of nitrogens with one attached hydrogen (secondary N) is 2. The van der Waals surface area contributed by atoms with Crippen LogP contribution in [0.15, 0.2) is 53.5 Å². The predicted octanol–water partition coefficient (Wildman–Crippen LogP) is 0.432. The third kappa shape index (κ3) is 3.82. The van der Waals surface area contributed by atoms with E-state index in [-0.39, 0.29) is 24.3 Å². The number of benzene rings is 1. The van der Waals surface area contributed by atoms with Crippen LogP contribution in [0.5, 0.6) is 0 Å². The smallest absolute Gasteiger partial charge is 0.263 e. The first-order chi connectivity index (χ1) is 12.0. The molecular weight excluding hydrogens is 322 g/mol. The first-order valence-electron chi connectivity index (χ1n) is 7.92. The molecule has 2 N–H and O–H groups in total. The molecule has 25 heavy (non-hydrogen) atoms. The molecule has 1 aliphatic heterocycles. The van der Waals surface area contributed by atoms with Gasteiger partial charge in [-0.2, -0.15) is 0 Å². The number of carbonyl (C=O) groups excluding carboxylic acids is 3. The highest BCUT2D eigenvalue weighted by atomic mass is 16.2. The fourth-order valence-corrected chi connectivity index (χ4v) is 2.68. The fraction of sp³-hybridized carbons (Fsp3) is 0.222. The van der Waals surface area contributed by atoms with Crippen LogP contribution in [0.1, 0.15) is 28.8 Å². The molecular formula is C18H17N3O4. The van der Waals surface area contributed by atoms with E-state index in [1.165, 1.54) is 10.6 Å². The maximum Gasteiger partial charge on any atom is 0.263 e. The van der Waals surface area contributed by atoms with E-state index in [0.717, 1.165) is 5.56 Å². The summed E-state index contributed by atoms with van der Waals surface area (Å²) in [5, 5.41) is 4.69. The Morgan fingerprint density at radius 2 is 1.88 bits per heavy atom. The maximum atomic E-state index is 12.5. The highest BCUT2D eigenvalue weighted by Crippen LogP contribution is 2.06. The van der Waals surface area contributed by atoms with Crippen molar-refractivity contribution < 1.29 is 14.4 Å². The Morgan fingerprint density at radius 3 is 2.60 bits per heavy atom. The van der Waals surface area contributed by atoms with Gasteiger partial charge < -0.3 is 9.88 Å². The normalized spacial score (nSPS) is 17.0. The Labute approximate surface area is 143 Å². The van der Waals surface area contributed by atoms with E-state index in [0.29, 0.717) is 6.54 Å². The molecule has 1 atom stereocenters. The number of pyridine rings is 1. The van der Waals surface area contributed by atoms with E-state index in [9.17, 15) is 19.2 Å². The lowest BCUT2D eigenvalue weighted by molar-refractivity contribution is -0.134. The molecule has 0 spiro atoms. The van der Waals surface area contributed by atoms with Crippen molar-refractivity contribution in [3.63, 3.8) is 0 Å². The number of imide groups is 1. The fourth-order valence-electron chi connectivity index (χ4n) is 2.68. The van der Waals surface area contributed by atoms with Crippen LogP contribution in [0.25, 0.3) is 0 Å². The molecule has 3 rings (SSSR count). The number of hydrogen-bond donors (Lipinski definition) is 2. The van der Waals surface area contributed by atoms with Gasteiger partial charge in [0.1, 0.15) is 11.6 Å². The van der Waals surface area contributed by atoms with Crippen LogP contribution in [-0.2, 0) is 16.1 Å². The minimum Gasteiger partial charge on any atom is -0.340 e. The van der Waals surface area contributed by atoms with Gasteiger partial charge in [-0.05, 0) is 24.1 Å². The molecule has 0 radical (unpaired) electrons. The van der Waals surface area contributed by atoms with Crippen molar-refractivity contribution in [1.82, 2.24) is 15.2 Å². The Morgan fingerprint density at radius 1 is 1.12 bits per heavy atom. The van der Waals surface area contributed by atoms with Gasteiger partial charge in [0.05, 0.1) is 6.54 Å². The number of rotatable bonds is 4. The van der Waals surface area contributed by atoms with Crippen molar-refractivity contribution in [3.05, 3.63) is 70.1 Å². The summed E-state index contributed by atoms with van der Waals surface area (Å²) in [6.07, 6.45) is 1.99. The molecule has 0 bridgehead atoms. The largest absolute Gasteiger partial charge is 0.340 e. The molecule has 2 aromatic rings. The van der Waals surface area contributed by atoms with Gasteiger partial charge in [-0.25, -0.2) is 0 Å². The second kappa shape index (κ2) is 7.12. The van der Waals surface area contributed by atoms with Crippen LogP contribution in [0.3, 0.4) is 0 Å². The van der Waals surface area contributed by atoms with Crippen LogP contribution in [0, 0.1) is 0 Å². The predicted molar refractivity (Wildman–Crippen MR) is 89.9 cm³/mol. The molecule has 7 heteroatoms. The van der Waals surface area contributed by atoms with Crippen molar-refractivity contribution in [3.8, 4) is 0 Å². The average molecular weight is 339 g/mol. The quantitative estimate of drug-likeness (QED) is 0.790. The third-order valence-corrected chi connectivity index (χ3v) is 4.01. The van der Waals surface area contributed by atoms with Gasteiger partial charge >= 0.3 is 0 Å². The zero-order valence-corrected chi connectivity index (χ0v) is 13.4. The van der Waals surface area contributed by atoms with E-state index < -0.39 is 23.4 Å². The number of carbonyl (C=O) groups is 3. The molecule has 2 heterocycles. The number of aromatic nitrogens is 1. The summed E-state index contributed by atoms with van der Waals surface area (Å²) in [5.41, 5.74) is 0.464. The molecule has 1 aromatic heterocycles. The van der Waals surface area contributed by atoms with Crippen LogP contribution in [0.2, 0.25) is 0 Å². The van der Waals surface area contributed by atoms with E-state index >= 15 is 0 Å². The second-order valence-electron chi connectivity index (χ2n) is 5.82. The third-order valence-electron chi connectivity index (χ3n) is 4.01. The van der Waals surface area contributed by atoms with Gasteiger partial charge in [0, 0.05) is 12.6 Å². The summed E-state index contributed by atoms with van der Waals surface area (Å²) in [6.45, 7) is 0.346. The van der Waals surface area contributed by atoms with E-state index in [1.807, 2.05) is 30.3 Å². The van der Waals surface area contributed by atoms with Crippen molar-refractivity contribution in [2.75, 3.05) is 0 Å². The Bertz CT molecular complexity index is 873. The lowest BCUT2D eigenvalue weighted by Gasteiger charge is -2.21. The number of nitrogens with zero attached hydrogens (tertiary/aromatic N) is 1. The molecule has 1 saturated heterocycles. The minimum absolute atomic E-state index is 0.0388. The van der Waals surface area contributed by atoms with Crippen LogP contribution in [0.4, 0.5) is 0 Å². The lowest BCUT2D eigenvalue weighted by atomic mass is 10.1. The van der Waals surface area contributed by atoms with Gasteiger partial charge in [0.25, 0.3) is 11.5 Å². The van der Waals surface area contributed by atoms with Gasteiger partial charge in [0.15, 0.2) is 0 Å². The van der Waals surface area contributed by atoms with Crippen molar-refractivity contribution in [2.24, 2.45) is 0 Å². The molecule has 1 unspecified atom stereocenters. The standard InChI is InChI=1S/C18H17N3O4/c22-15-9-8-14(17(24)20-15)19-16(23)13-7-4-10-21(18(13)25)11-12-5-2-1-3-6-12/h1-7,10,14H,8-9,11H2,(H,19,23)(H,20,22,24). The summed E-state index contributed by atoms with van der Waals surface area (Å²) in [5.74, 6) is -1.53. The molecule has 1 aliphatic rings. The molecule has 128 valence electrons. The highest BCUT2D eigenvalue weighted by molar-refractivity contribution is 6.03. The zero-order chi connectivity index (χ0) is 17.8. The topological polar surface area (TPSA) is 97.3 Å². The summed E-state index contributed by atoms with van der Waals surface area (Å²) >= 11 is 0. The monoisotopic (exact) mass is 339 g/mol. The second-order valence-corrected chi connectivity index (χ2v) is 5.82. The first kappa shape index (κ1) is 16.6. The van der Waals surface area contributed by atoms with Crippen LogP contribution in [-0.4, -0.2) is 28.3 Å². The van der Waals surface area contributed by atoms with E-state index in [4.69, 9.17) is 0 Å². The SMILES string of the molecule is O=C1CCC(NC(=O)c2cccn(Cc3ccccc3)c2=O)C(=O)N1. The zero-order valence-electron chi connectivity index (χ0n) is 13.4. The van der Waals surface area contributed by atoms with E-state index in [1.54, 1.807) is 12.3 Å². The number of piperidine rings is 1. The van der Waals surface area contributed by atoms with E-state index in [2.05, 4.69) is 10.6 Å². The van der Waals surface area contributed by atoms with Gasteiger partial charge in [-0.1, -0.05) is 30.3 Å². The Balaban J connectivity index is 1.77. The number of amides is 3. The summed E-state index contributed by atoms with van der Waals surface area (Å²) in [6, 6.07) is 11.6. The van der Waals surface area contributed by atoms with Crippen LogP contribution >= 0.6 is 0 Å². The molecule has 1 aromatic carbocycles. The Hall–Kier alpha value is -3.22. The molecule has 7 nitrogen and oxygen atoms in total. The molecule has 3 amide bonds. The van der Waals surface area contributed by atoms with Gasteiger partial charge in [0.2, 0.25) is 11.8 Å². The van der Waals surface area contributed by atoms with Crippen molar-refractivity contribution >= 4 is 17.7 Å². The van der Waals surface area contributed by atoms with Crippen molar-refractivity contribution in [1.29, 1.82) is 0 Å². The van der Waals surface area contributed by atoms with Gasteiger partial charge in [-0.3, -0.25) is 24.5 Å². The number of hydrogen-bond acceptors (Lipinski definition) is 4. The minimum atomic E-state index is -0.813. The summed E-state index contributed by atoms with van der Waals surface area (Å²) in [4.78, 5) is 47.8. The maximum absolute atomic E-state index is 12.5. The first-order valence-corrected chi connectivity index (χ1v) is 7.92. The summed E-state index contributed by atoms with van der Waals surface area (Å²) in [7, 11) is 0. The van der Waals surface area contributed by atoms with Crippen molar-refractivity contribution in [2.45, 2.75) is 25.4 Å². The van der Waals surface area contributed by atoms with Gasteiger partial charge in [-0.15, -0.1) is 0 Å². The summed E-state index contributed by atoms with van der Waals surface area (Å²) < 4.78 is 1.44.